The SMILES string of the molecule is CCC(Oc1ccc(Cl)cc1)C(=O)Nc1ccccc1F. The number of para-hydroxylation sites is 1. The van der Waals surface area contributed by atoms with Gasteiger partial charge < -0.3 is 10.1 Å². The van der Waals surface area contributed by atoms with Gasteiger partial charge in [0.2, 0.25) is 0 Å². The summed E-state index contributed by atoms with van der Waals surface area (Å²) in [5.74, 6) is -0.334. The zero-order chi connectivity index (χ0) is 15.2. The Balaban J connectivity index is 2.05. The summed E-state index contributed by atoms with van der Waals surface area (Å²) in [6.45, 7) is 1.82. The van der Waals surface area contributed by atoms with Crippen molar-refractivity contribution in [1.29, 1.82) is 0 Å². The maximum atomic E-state index is 13.5. The zero-order valence-corrected chi connectivity index (χ0v) is 12.2. The van der Waals surface area contributed by atoms with Gasteiger partial charge in [-0.05, 0) is 42.8 Å². The Kier molecular flexibility index (Phi) is 5.17. The van der Waals surface area contributed by atoms with E-state index < -0.39 is 17.8 Å². The molecule has 0 bridgehead atoms. The Morgan fingerprint density at radius 1 is 1.24 bits per heavy atom. The number of carbonyl (C=O) groups excluding carboxylic acids is 1. The quantitative estimate of drug-likeness (QED) is 0.895. The van der Waals surface area contributed by atoms with Gasteiger partial charge in [-0.25, -0.2) is 4.39 Å². The van der Waals surface area contributed by atoms with Crippen molar-refractivity contribution in [3.63, 3.8) is 0 Å². The first kappa shape index (κ1) is 15.3. The molecule has 0 spiro atoms. The molecular formula is C16H15ClFNO2. The molecule has 0 heterocycles. The summed E-state index contributed by atoms with van der Waals surface area (Å²) >= 11 is 5.79. The molecular weight excluding hydrogens is 293 g/mol. The second kappa shape index (κ2) is 7.09. The van der Waals surface area contributed by atoms with E-state index in [-0.39, 0.29) is 5.69 Å². The highest BCUT2D eigenvalue weighted by Gasteiger charge is 2.19. The summed E-state index contributed by atoms with van der Waals surface area (Å²) < 4.78 is 19.1. The van der Waals surface area contributed by atoms with Crippen LogP contribution < -0.4 is 10.1 Å². The Hall–Kier alpha value is -2.07. The molecule has 2 aromatic carbocycles. The van der Waals surface area contributed by atoms with Crippen LogP contribution >= 0.6 is 11.6 Å². The molecule has 2 aromatic rings. The lowest BCUT2D eigenvalue weighted by Crippen LogP contribution is -2.32. The minimum absolute atomic E-state index is 0.139. The van der Waals surface area contributed by atoms with Gasteiger partial charge in [0.1, 0.15) is 11.6 Å². The number of benzene rings is 2. The summed E-state index contributed by atoms with van der Waals surface area (Å²) in [6.07, 6.45) is -0.242. The van der Waals surface area contributed by atoms with E-state index in [1.165, 1.54) is 12.1 Å². The van der Waals surface area contributed by atoms with Crippen molar-refractivity contribution in [2.24, 2.45) is 0 Å². The first-order valence-electron chi connectivity index (χ1n) is 6.57. The second-order valence-electron chi connectivity index (χ2n) is 4.44. The predicted octanol–water partition coefficient (Wildman–Crippen LogP) is 4.28. The molecule has 0 aliphatic carbocycles. The van der Waals surface area contributed by atoms with Crippen LogP contribution in [0.1, 0.15) is 13.3 Å². The predicted molar refractivity (Wildman–Crippen MR) is 81.2 cm³/mol. The van der Waals surface area contributed by atoms with E-state index in [1.54, 1.807) is 36.4 Å². The number of rotatable bonds is 5. The average molecular weight is 308 g/mol. The minimum atomic E-state index is -0.703. The fraction of sp³-hybridized carbons (Fsp3) is 0.188. The molecule has 2 rings (SSSR count). The molecule has 21 heavy (non-hydrogen) atoms. The zero-order valence-electron chi connectivity index (χ0n) is 11.5. The Morgan fingerprint density at radius 2 is 1.90 bits per heavy atom. The number of hydrogen-bond acceptors (Lipinski definition) is 2. The molecule has 1 atom stereocenters. The number of ether oxygens (including phenoxy) is 1. The van der Waals surface area contributed by atoms with Crippen LogP contribution in [0.2, 0.25) is 5.02 Å². The fourth-order valence-corrected chi connectivity index (χ4v) is 1.90. The van der Waals surface area contributed by atoms with Crippen LogP contribution in [0.4, 0.5) is 10.1 Å². The van der Waals surface area contributed by atoms with Crippen LogP contribution in [0.25, 0.3) is 0 Å². The van der Waals surface area contributed by atoms with Crippen LogP contribution in [0.15, 0.2) is 48.5 Å². The third kappa shape index (κ3) is 4.20. The molecule has 1 unspecified atom stereocenters. The molecule has 1 amide bonds. The summed E-state index contributed by atoms with van der Waals surface area (Å²) in [7, 11) is 0. The van der Waals surface area contributed by atoms with E-state index in [1.807, 2.05) is 6.92 Å². The number of carbonyl (C=O) groups is 1. The topological polar surface area (TPSA) is 38.3 Å². The standard InChI is InChI=1S/C16H15ClFNO2/c1-2-15(21-12-9-7-11(17)8-10-12)16(20)19-14-6-4-3-5-13(14)18/h3-10,15H,2H2,1H3,(H,19,20). The molecule has 0 aliphatic heterocycles. The Morgan fingerprint density at radius 3 is 2.52 bits per heavy atom. The smallest absolute Gasteiger partial charge is 0.265 e. The van der Waals surface area contributed by atoms with Gasteiger partial charge in [-0.15, -0.1) is 0 Å². The second-order valence-corrected chi connectivity index (χ2v) is 4.87. The van der Waals surface area contributed by atoms with Crippen LogP contribution in [0.3, 0.4) is 0 Å². The molecule has 0 aliphatic rings. The summed E-state index contributed by atoms with van der Waals surface area (Å²) in [6, 6.07) is 12.7. The van der Waals surface area contributed by atoms with Gasteiger partial charge in [0.15, 0.2) is 6.10 Å². The van der Waals surface area contributed by atoms with Gasteiger partial charge >= 0.3 is 0 Å². The van der Waals surface area contributed by atoms with E-state index in [9.17, 15) is 9.18 Å². The fourth-order valence-electron chi connectivity index (χ4n) is 1.78. The van der Waals surface area contributed by atoms with Crippen LogP contribution in [-0.2, 0) is 4.79 Å². The summed E-state index contributed by atoms with van der Waals surface area (Å²) in [5, 5.41) is 3.12. The molecule has 3 nitrogen and oxygen atoms in total. The lowest BCUT2D eigenvalue weighted by Gasteiger charge is -2.17. The van der Waals surface area contributed by atoms with E-state index in [2.05, 4.69) is 5.32 Å². The number of amides is 1. The van der Waals surface area contributed by atoms with Gasteiger partial charge in [0.25, 0.3) is 5.91 Å². The van der Waals surface area contributed by atoms with Crippen molar-refractivity contribution in [2.75, 3.05) is 5.32 Å². The van der Waals surface area contributed by atoms with E-state index in [4.69, 9.17) is 16.3 Å². The van der Waals surface area contributed by atoms with Crippen molar-refractivity contribution in [3.05, 3.63) is 59.4 Å². The maximum Gasteiger partial charge on any atom is 0.265 e. The lowest BCUT2D eigenvalue weighted by atomic mass is 10.2. The van der Waals surface area contributed by atoms with Crippen molar-refractivity contribution >= 4 is 23.2 Å². The van der Waals surface area contributed by atoms with E-state index in [0.29, 0.717) is 17.2 Å². The highest BCUT2D eigenvalue weighted by atomic mass is 35.5. The lowest BCUT2D eigenvalue weighted by molar-refractivity contribution is -0.122. The normalized spacial score (nSPS) is 11.8. The van der Waals surface area contributed by atoms with Crippen molar-refractivity contribution in [2.45, 2.75) is 19.4 Å². The summed E-state index contributed by atoms with van der Waals surface area (Å²) in [4.78, 5) is 12.1. The van der Waals surface area contributed by atoms with Crippen molar-refractivity contribution in [1.82, 2.24) is 0 Å². The van der Waals surface area contributed by atoms with Crippen molar-refractivity contribution < 1.29 is 13.9 Å². The van der Waals surface area contributed by atoms with E-state index in [0.717, 1.165) is 0 Å². The molecule has 0 saturated heterocycles. The Bertz CT molecular complexity index is 616. The maximum absolute atomic E-state index is 13.5. The molecule has 1 N–H and O–H groups in total. The van der Waals surface area contributed by atoms with Gasteiger partial charge in [-0.2, -0.15) is 0 Å². The molecule has 0 radical (unpaired) electrons. The monoisotopic (exact) mass is 307 g/mol. The van der Waals surface area contributed by atoms with Crippen LogP contribution in [0, 0.1) is 5.82 Å². The molecule has 0 saturated carbocycles. The van der Waals surface area contributed by atoms with Gasteiger partial charge in [0.05, 0.1) is 5.69 Å². The number of nitrogens with one attached hydrogen (secondary N) is 1. The number of halogens is 2. The minimum Gasteiger partial charge on any atom is -0.481 e. The van der Waals surface area contributed by atoms with Gasteiger partial charge in [0, 0.05) is 5.02 Å². The molecule has 5 heteroatoms. The molecule has 110 valence electrons. The average Bonchev–Trinajstić information content (AvgIpc) is 2.49. The number of anilines is 1. The third-order valence-electron chi connectivity index (χ3n) is 2.89. The van der Waals surface area contributed by atoms with Gasteiger partial charge in [-0.3, -0.25) is 4.79 Å². The molecule has 0 aromatic heterocycles. The highest BCUT2D eigenvalue weighted by Crippen LogP contribution is 2.19. The summed E-state index contributed by atoms with van der Waals surface area (Å²) in [5.41, 5.74) is 0.139. The first-order valence-corrected chi connectivity index (χ1v) is 6.95. The highest BCUT2D eigenvalue weighted by molar-refractivity contribution is 6.30. The van der Waals surface area contributed by atoms with E-state index >= 15 is 0 Å². The number of hydrogen-bond donors (Lipinski definition) is 1. The first-order chi connectivity index (χ1) is 10.1. The van der Waals surface area contributed by atoms with Gasteiger partial charge in [-0.1, -0.05) is 30.7 Å². The molecule has 0 fully saturated rings. The third-order valence-corrected chi connectivity index (χ3v) is 3.14. The van der Waals surface area contributed by atoms with Crippen LogP contribution in [-0.4, -0.2) is 12.0 Å². The van der Waals surface area contributed by atoms with Crippen molar-refractivity contribution in [3.8, 4) is 5.75 Å². The Labute approximate surface area is 127 Å². The largest absolute Gasteiger partial charge is 0.481 e. The van der Waals surface area contributed by atoms with Crippen LogP contribution in [0.5, 0.6) is 5.75 Å².